The van der Waals surface area contributed by atoms with Crippen molar-refractivity contribution < 1.29 is 14.3 Å². The third-order valence-electron chi connectivity index (χ3n) is 3.56. The predicted octanol–water partition coefficient (Wildman–Crippen LogP) is 1.72. The summed E-state index contributed by atoms with van der Waals surface area (Å²) in [6.45, 7) is 3.57. The number of nitrogens with one attached hydrogen (secondary N) is 1. The third kappa shape index (κ3) is 3.26. The highest BCUT2D eigenvalue weighted by molar-refractivity contribution is 7.98. The van der Waals surface area contributed by atoms with Crippen molar-refractivity contribution in [1.82, 2.24) is 20.1 Å². The SMILES string of the molecule is CCn1c(CCNC(=O)c2ccc3c(c2)OCO3)nnc1SC. The lowest BCUT2D eigenvalue weighted by Crippen LogP contribution is -2.26. The maximum atomic E-state index is 12.2. The largest absolute Gasteiger partial charge is 0.454 e. The quantitative estimate of drug-likeness (QED) is 0.811. The fraction of sp³-hybridized carbons (Fsp3) is 0.400. The zero-order valence-corrected chi connectivity index (χ0v) is 13.9. The molecule has 1 aliphatic rings. The van der Waals surface area contributed by atoms with E-state index in [2.05, 4.69) is 27.0 Å². The normalized spacial score (nSPS) is 12.4. The van der Waals surface area contributed by atoms with Crippen molar-refractivity contribution in [2.75, 3.05) is 19.6 Å². The standard InChI is InChI=1S/C15H18N4O3S/c1-3-19-13(17-18-15(19)23-2)6-7-16-14(20)10-4-5-11-12(8-10)22-9-21-11/h4-5,8H,3,6-7,9H2,1-2H3,(H,16,20). The number of amides is 1. The zero-order valence-electron chi connectivity index (χ0n) is 13.0. The predicted molar refractivity (Wildman–Crippen MR) is 86.1 cm³/mol. The molecule has 7 nitrogen and oxygen atoms in total. The van der Waals surface area contributed by atoms with Crippen molar-refractivity contribution in [3.05, 3.63) is 29.6 Å². The van der Waals surface area contributed by atoms with Gasteiger partial charge >= 0.3 is 0 Å². The molecular weight excluding hydrogens is 316 g/mol. The molecule has 0 atom stereocenters. The molecule has 122 valence electrons. The Morgan fingerprint density at radius 2 is 2.17 bits per heavy atom. The number of carbonyl (C=O) groups excluding carboxylic acids is 1. The van der Waals surface area contributed by atoms with Crippen LogP contribution >= 0.6 is 11.8 Å². The second-order valence-electron chi connectivity index (χ2n) is 4.92. The maximum absolute atomic E-state index is 12.2. The van der Waals surface area contributed by atoms with Crippen molar-refractivity contribution in [2.24, 2.45) is 0 Å². The number of fused-ring (bicyclic) bond motifs is 1. The lowest BCUT2D eigenvalue weighted by atomic mass is 10.2. The summed E-state index contributed by atoms with van der Waals surface area (Å²) in [4.78, 5) is 12.2. The smallest absolute Gasteiger partial charge is 0.251 e. The Morgan fingerprint density at radius 3 is 2.96 bits per heavy atom. The molecule has 0 bridgehead atoms. The van der Waals surface area contributed by atoms with E-state index in [-0.39, 0.29) is 12.7 Å². The number of hydrogen-bond donors (Lipinski definition) is 1. The van der Waals surface area contributed by atoms with Crippen LogP contribution in [0.2, 0.25) is 0 Å². The van der Waals surface area contributed by atoms with E-state index >= 15 is 0 Å². The van der Waals surface area contributed by atoms with E-state index in [9.17, 15) is 4.79 Å². The molecule has 2 aromatic rings. The molecule has 23 heavy (non-hydrogen) atoms. The second-order valence-corrected chi connectivity index (χ2v) is 5.69. The van der Waals surface area contributed by atoms with Crippen LogP contribution in [0.1, 0.15) is 23.1 Å². The molecule has 1 N–H and O–H groups in total. The Hall–Kier alpha value is -2.22. The van der Waals surface area contributed by atoms with Gasteiger partial charge in [0.25, 0.3) is 5.91 Å². The van der Waals surface area contributed by atoms with Gasteiger partial charge in [-0.3, -0.25) is 4.79 Å². The van der Waals surface area contributed by atoms with E-state index in [4.69, 9.17) is 9.47 Å². The third-order valence-corrected chi connectivity index (χ3v) is 4.23. The number of ether oxygens (including phenoxy) is 2. The average Bonchev–Trinajstić information content (AvgIpc) is 3.19. The highest BCUT2D eigenvalue weighted by atomic mass is 32.2. The maximum Gasteiger partial charge on any atom is 0.251 e. The van der Waals surface area contributed by atoms with Gasteiger partial charge in [0.15, 0.2) is 16.7 Å². The van der Waals surface area contributed by atoms with Crippen molar-refractivity contribution in [2.45, 2.75) is 25.0 Å². The van der Waals surface area contributed by atoms with Crippen molar-refractivity contribution in [3.8, 4) is 11.5 Å². The Kier molecular flexibility index (Phi) is 4.71. The van der Waals surface area contributed by atoms with Crippen LogP contribution in [-0.4, -0.2) is 40.3 Å². The molecular formula is C15H18N4O3S. The molecule has 0 saturated carbocycles. The summed E-state index contributed by atoms with van der Waals surface area (Å²) < 4.78 is 12.6. The summed E-state index contributed by atoms with van der Waals surface area (Å²) in [5.41, 5.74) is 0.552. The summed E-state index contributed by atoms with van der Waals surface area (Å²) in [5.74, 6) is 2.01. The molecule has 0 fully saturated rings. The lowest BCUT2D eigenvalue weighted by Gasteiger charge is -2.07. The first-order valence-corrected chi connectivity index (χ1v) is 8.59. The summed E-state index contributed by atoms with van der Waals surface area (Å²) in [7, 11) is 0. The fourth-order valence-corrected chi connectivity index (χ4v) is 2.98. The van der Waals surface area contributed by atoms with Gasteiger partial charge in [0, 0.05) is 25.1 Å². The summed E-state index contributed by atoms with van der Waals surface area (Å²) in [6, 6.07) is 5.16. The minimum absolute atomic E-state index is 0.143. The Bertz CT molecular complexity index is 717. The van der Waals surface area contributed by atoms with Crippen LogP contribution in [-0.2, 0) is 13.0 Å². The number of hydrogen-bond acceptors (Lipinski definition) is 6. The lowest BCUT2D eigenvalue weighted by molar-refractivity contribution is 0.0953. The van der Waals surface area contributed by atoms with E-state index in [0.717, 1.165) is 17.5 Å². The van der Waals surface area contributed by atoms with Crippen LogP contribution in [0.25, 0.3) is 0 Å². The number of carbonyl (C=O) groups is 1. The molecule has 3 rings (SSSR count). The first-order chi connectivity index (χ1) is 11.2. The number of nitrogens with zero attached hydrogens (tertiary/aromatic N) is 3. The van der Waals surface area contributed by atoms with Crippen LogP contribution in [0.4, 0.5) is 0 Å². The minimum Gasteiger partial charge on any atom is -0.454 e. The Morgan fingerprint density at radius 1 is 1.35 bits per heavy atom. The number of thioether (sulfide) groups is 1. The Balaban J connectivity index is 1.58. The van der Waals surface area contributed by atoms with Gasteiger partial charge in [-0.2, -0.15) is 0 Å². The van der Waals surface area contributed by atoms with Crippen LogP contribution < -0.4 is 14.8 Å². The van der Waals surface area contributed by atoms with Gasteiger partial charge in [-0.15, -0.1) is 10.2 Å². The summed E-state index contributed by atoms with van der Waals surface area (Å²) in [6.07, 6.45) is 2.61. The molecule has 0 saturated heterocycles. The summed E-state index contributed by atoms with van der Waals surface area (Å²) in [5, 5.41) is 12.1. The highest BCUT2D eigenvalue weighted by Crippen LogP contribution is 2.32. The topological polar surface area (TPSA) is 78.3 Å². The number of benzene rings is 1. The molecule has 0 radical (unpaired) electrons. The highest BCUT2D eigenvalue weighted by Gasteiger charge is 2.16. The number of rotatable bonds is 6. The second kappa shape index (κ2) is 6.91. The van der Waals surface area contributed by atoms with Gasteiger partial charge in [-0.25, -0.2) is 0 Å². The average molecular weight is 334 g/mol. The number of aromatic nitrogens is 3. The van der Waals surface area contributed by atoms with E-state index < -0.39 is 0 Å². The summed E-state index contributed by atoms with van der Waals surface area (Å²) >= 11 is 1.57. The van der Waals surface area contributed by atoms with Crippen molar-refractivity contribution >= 4 is 17.7 Å². The fourth-order valence-electron chi connectivity index (χ4n) is 2.40. The molecule has 0 unspecified atom stereocenters. The Labute approximate surface area is 138 Å². The first kappa shape index (κ1) is 15.7. The van der Waals surface area contributed by atoms with Gasteiger partial charge in [0.05, 0.1) is 0 Å². The molecule has 0 spiro atoms. The molecule has 0 aliphatic carbocycles. The van der Waals surface area contributed by atoms with Crippen molar-refractivity contribution in [3.63, 3.8) is 0 Å². The first-order valence-electron chi connectivity index (χ1n) is 7.36. The molecule has 1 aromatic carbocycles. The monoisotopic (exact) mass is 334 g/mol. The van der Waals surface area contributed by atoms with Gasteiger partial charge in [-0.1, -0.05) is 11.8 Å². The van der Waals surface area contributed by atoms with E-state index in [1.54, 1.807) is 30.0 Å². The van der Waals surface area contributed by atoms with Crippen LogP contribution in [0.15, 0.2) is 23.4 Å². The molecule has 1 aromatic heterocycles. The van der Waals surface area contributed by atoms with E-state index in [0.29, 0.717) is 30.0 Å². The molecule has 8 heteroatoms. The zero-order chi connectivity index (χ0) is 16.2. The van der Waals surface area contributed by atoms with Crippen LogP contribution in [0.3, 0.4) is 0 Å². The van der Waals surface area contributed by atoms with Crippen LogP contribution in [0, 0.1) is 0 Å². The minimum atomic E-state index is -0.143. The van der Waals surface area contributed by atoms with E-state index in [1.165, 1.54) is 0 Å². The van der Waals surface area contributed by atoms with Gasteiger partial charge in [-0.05, 0) is 31.4 Å². The van der Waals surface area contributed by atoms with Gasteiger partial charge in [0.1, 0.15) is 5.82 Å². The van der Waals surface area contributed by atoms with Crippen molar-refractivity contribution in [1.29, 1.82) is 0 Å². The van der Waals surface area contributed by atoms with Gasteiger partial charge < -0.3 is 19.4 Å². The van der Waals surface area contributed by atoms with E-state index in [1.807, 2.05) is 6.26 Å². The molecule has 2 heterocycles. The molecule has 1 amide bonds. The van der Waals surface area contributed by atoms with Gasteiger partial charge in [0.2, 0.25) is 6.79 Å². The van der Waals surface area contributed by atoms with Crippen LogP contribution in [0.5, 0.6) is 11.5 Å². The molecule has 1 aliphatic heterocycles.